The number of anilines is 1. The van der Waals surface area contributed by atoms with Crippen LogP contribution in [-0.4, -0.2) is 23.2 Å². The molecule has 0 atom stereocenters. The van der Waals surface area contributed by atoms with Crippen molar-refractivity contribution < 1.29 is 12.8 Å². The molecule has 0 bridgehead atoms. The standard InChI is InChI=1S/C13H17FN4O2S/c1-8(2)12-15-13(18(4)16-12)17-21(19,20)10-5-6-11(14)9(3)7-10/h5-8H,1-4H3,(H,15,16,17). The zero-order chi connectivity index (χ0) is 15.8. The molecule has 114 valence electrons. The Morgan fingerprint density at radius 2 is 2.00 bits per heavy atom. The Balaban J connectivity index is 2.35. The van der Waals surface area contributed by atoms with Gasteiger partial charge in [-0.25, -0.2) is 22.2 Å². The van der Waals surface area contributed by atoms with Crippen molar-refractivity contribution in [1.29, 1.82) is 0 Å². The molecule has 0 spiro atoms. The number of aromatic nitrogens is 3. The molecule has 1 N–H and O–H groups in total. The molecule has 0 fully saturated rings. The lowest BCUT2D eigenvalue weighted by molar-refractivity contribution is 0.597. The normalized spacial score (nSPS) is 11.9. The van der Waals surface area contributed by atoms with E-state index in [1.807, 2.05) is 13.8 Å². The minimum atomic E-state index is -3.83. The second-order valence-corrected chi connectivity index (χ2v) is 6.77. The van der Waals surface area contributed by atoms with Crippen molar-refractivity contribution in [2.75, 3.05) is 4.72 Å². The third-order valence-corrected chi connectivity index (χ3v) is 4.29. The highest BCUT2D eigenvalue weighted by molar-refractivity contribution is 7.92. The van der Waals surface area contributed by atoms with Gasteiger partial charge in [0.25, 0.3) is 10.0 Å². The van der Waals surface area contributed by atoms with Gasteiger partial charge in [0.05, 0.1) is 4.90 Å². The van der Waals surface area contributed by atoms with Crippen LogP contribution in [0, 0.1) is 12.7 Å². The summed E-state index contributed by atoms with van der Waals surface area (Å²) in [5.41, 5.74) is 0.263. The van der Waals surface area contributed by atoms with Crippen LogP contribution in [0.2, 0.25) is 0 Å². The number of hydrogen-bond acceptors (Lipinski definition) is 4. The van der Waals surface area contributed by atoms with Gasteiger partial charge in [0, 0.05) is 13.0 Å². The molecule has 0 aliphatic carbocycles. The monoisotopic (exact) mass is 312 g/mol. The maximum atomic E-state index is 13.2. The van der Waals surface area contributed by atoms with Gasteiger partial charge in [-0.3, -0.25) is 0 Å². The average Bonchev–Trinajstić information content (AvgIpc) is 2.74. The number of hydrogen-bond donors (Lipinski definition) is 1. The van der Waals surface area contributed by atoms with Gasteiger partial charge in [0.15, 0.2) is 5.82 Å². The molecule has 0 saturated carbocycles. The largest absolute Gasteiger partial charge is 0.264 e. The number of halogens is 1. The van der Waals surface area contributed by atoms with Crippen molar-refractivity contribution in [2.45, 2.75) is 31.6 Å². The predicted molar refractivity (Wildman–Crippen MR) is 77.0 cm³/mol. The lowest BCUT2D eigenvalue weighted by Crippen LogP contribution is -2.16. The Kier molecular flexibility index (Phi) is 3.99. The van der Waals surface area contributed by atoms with E-state index in [-0.39, 0.29) is 22.3 Å². The van der Waals surface area contributed by atoms with Crippen molar-refractivity contribution in [1.82, 2.24) is 14.8 Å². The summed E-state index contributed by atoms with van der Waals surface area (Å²) in [7, 11) is -2.22. The van der Waals surface area contributed by atoms with Crippen molar-refractivity contribution in [3.8, 4) is 0 Å². The zero-order valence-corrected chi connectivity index (χ0v) is 13.1. The first-order valence-electron chi connectivity index (χ1n) is 6.40. The highest BCUT2D eigenvalue weighted by Gasteiger charge is 2.19. The number of rotatable bonds is 4. The number of benzene rings is 1. The molecular weight excluding hydrogens is 295 g/mol. The van der Waals surface area contributed by atoms with E-state index in [2.05, 4.69) is 14.8 Å². The third-order valence-electron chi connectivity index (χ3n) is 2.96. The summed E-state index contributed by atoms with van der Waals surface area (Å²) in [5.74, 6) is 0.309. The summed E-state index contributed by atoms with van der Waals surface area (Å²) < 4.78 is 41.5. The van der Waals surface area contributed by atoms with Crippen LogP contribution in [0.5, 0.6) is 0 Å². The molecule has 0 amide bonds. The highest BCUT2D eigenvalue weighted by atomic mass is 32.2. The molecule has 21 heavy (non-hydrogen) atoms. The summed E-state index contributed by atoms with van der Waals surface area (Å²) in [6.45, 7) is 5.33. The summed E-state index contributed by atoms with van der Waals surface area (Å²) in [4.78, 5) is 4.13. The van der Waals surface area contributed by atoms with Crippen LogP contribution in [0.25, 0.3) is 0 Å². The fourth-order valence-electron chi connectivity index (χ4n) is 1.70. The number of aryl methyl sites for hydroxylation is 2. The smallest absolute Gasteiger partial charge is 0.247 e. The number of sulfonamides is 1. The molecule has 1 heterocycles. The molecule has 6 nitrogen and oxygen atoms in total. The van der Waals surface area contributed by atoms with Gasteiger partial charge in [-0.2, -0.15) is 10.1 Å². The van der Waals surface area contributed by atoms with E-state index in [4.69, 9.17) is 0 Å². The van der Waals surface area contributed by atoms with Gasteiger partial charge in [-0.05, 0) is 30.7 Å². The van der Waals surface area contributed by atoms with Gasteiger partial charge in [-0.15, -0.1) is 0 Å². The quantitative estimate of drug-likeness (QED) is 0.939. The first-order valence-corrected chi connectivity index (χ1v) is 7.89. The Labute approximate surface area is 123 Å². The lowest BCUT2D eigenvalue weighted by Gasteiger charge is -2.07. The minimum absolute atomic E-state index is 0.0181. The predicted octanol–water partition coefficient (Wildman–Crippen LogP) is 2.19. The van der Waals surface area contributed by atoms with Crippen LogP contribution in [0.3, 0.4) is 0 Å². The number of nitrogens with zero attached hydrogens (tertiary/aromatic N) is 3. The first-order chi connectivity index (χ1) is 9.70. The van der Waals surface area contributed by atoms with Gasteiger partial charge < -0.3 is 0 Å². The lowest BCUT2D eigenvalue weighted by atomic mass is 10.2. The molecule has 2 aromatic rings. The minimum Gasteiger partial charge on any atom is -0.247 e. The Hall–Kier alpha value is -1.96. The average molecular weight is 312 g/mol. The van der Waals surface area contributed by atoms with Crippen LogP contribution < -0.4 is 4.72 Å². The SMILES string of the molecule is Cc1cc(S(=O)(=O)Nc2nc(C(C)C)nn2C)ccc1F. The van der Waals surface area contributed by atoms with Gasteiger partial charge in [0.2, 0.25) is 5.95 Å². The van der Waals surface area contributed by atoms with E-state index < -0.39 is 15.8 Å². The second-order valence-electron chi connectivity index (χ2n) is 5.09. The summed E-state index contributed by atoms with van der Waals surface area (Å²) in [6.07, 6.45) is 0. The molecule has 1 aromatic carbocycles. The van der Waals surface area contributed by atoms with Crippen LogP contribution in [-0.2, 0) is 17.1 Å². The summed E-state index contributed by atoms with van der Waals surface area (Å²) in [6, 6.07) is 3.61. The van der Waals surface area contributed by atoms with Crippen molar-refractivity contribution in [3.05, 3.63) is 35.4 Å². The van der Waals surface area contributed by atoms with Gasteiger partial charge in [-0.1, -0.05) is 13.8 Å². The van der Waals surface area contributed by atoms with Crippen molar-refractivity contribution >= 4 is 16.0 Å². The van der Waals surface area contributed by atoms with Crippen molar-refractivity contribution in [3.63, 3.8) is 0 Å². The molecule has 1 aromatic heterocycles. The fraction of sp³-hybridized carbons (Fsp3) is 0.385. The van der Waals surface area contributed by atoms with E-state index in [1.165, 1.54) is 23.7 Å². The summed E-state index contributed by atoms with van der Waals surface area (Å²) in [5, 5.41) is 4.14. The van der Waals surface area contributed by atoms with E-state index in [9.17, 15) is 12.8 Å². The topological polar surface area (TPSA) is 76.9 Å². The molecule has 0 radical (unpaired) electrons. The molecule has 8 heteroatoms. The molecule has 0 aliphatic rings. The van der Waals surface area contributed by atoms with E-state index in [0.717, 1.165) is 6.07 Å². The maximum absolute atomic E-state index is 13.2. The first kappa shape index (κ1) is 15.4. The van der Waals surface area contributed by atoms with Gasteiger partial charge >= 0.3 is 0 Å². The van der Waals surface area contributed by atoms with Crippen LogP contribution in [0.1, 0.15) is 31.2 Å². The highest BCUT2D eigenvalue weighted by Crippen LogP contribution is 2.18. The maximum Gasteiger partial charge on any atom is 0.264 e. The Bertz CT molecular complexity index is 768. The summed E-state index contributed by atoms with van der Waals surface area (Å²) >= 11 is 0. The van der Waals surface area contributed by atoms with E-state index >= 15 is 0 Å². The van der Waals surface area contributed by atoms with E-state index in [1.54, 1.807) is 7.05 Å². The van der Waals surface area contributed by atoms with Crippen molar-refractivity contribution in [2.24, 2.45) is 7.05 Å². The zero-order valence-electron chi connectivity index (χ0n) is 12.3. The van der Waals surface area contributed by atoms with E-state index in [0.29, 0.717) is 5.82 Å². The fourth-order valence-corrected chi connectivity index (χ4v) is 2.82. The Morgan fingerprint density at radius 1 is 1.33 bits per heavy atom. The molecule has 0 saturated heterocycles. The van der Waals surface area contributed by atoms with Crippen LogP contribution >= 0.6 is 0 Å². The van der Waals surface area contributed by atoms with Crippen LogP contribution in [0.15, 0.2) is 23.1 Å². The molecule has 0 aliphatic heterocycles. The molecule has 0 unspecified atom stereocenters. The second kappa shape index (κ2) is 5.44. The Morgan fingerprint density at radius 3 is 2.52 bits per heavy atom. The molecular formula is C13H17FN4O2S. The van der Waals surface area contributed by atoms with Gasteiger partial charge in [0.1, 0.15) is 5.82 Å². The third kappa shape index (κ3) is 3.21. The van der Waals surface area contributed by atoms with Crippen LogP contribution in [0.4, 0.5) is 10.3 Å². The molecule has 2 rings (SSSR count). The number of nitrogens with one attached hydrogen (secondary N) is 1.